The molecule has 0 radical (unpaired) electrons. The SMILES string of the molecule is CC(C)(C#N)C(=O)CC1CC(c2ccc(C(F)(C(F)(F)F)C(F)(F)F)cc2)(S(=O)(=O)c2ccc(F)cc2)C1. The predicted molar refractivity (Wildman–Crippen MR) is 118 cm³/mol. The van der Waals surface area contributed by atoms with Crippen LogP contribution in [0.4, 0.5) is 35.1 Å². The number of carbonyl (C=O) groups excluding carboxylic acids is 1. The van der Waals surface area contributed by atoms with Crippen LogP contribution in [0.2, 0.25) is 0 Å². The lowest BCUT2D eigenvalue weighted by molar-refractivity contribution is -0.348. The van der Waals surface area contributed by atoms with Crippen LogP contribution < -0.4 is 0 Å². The maximum absolute atomic E-state index is 14.5. The lowest BCUT2D eigenvalue weighted by Crippen LogP contribution is -2.51. The van der Waals surface area contributed by atoms with E-state index < -0.39 is 61.1 Å². The molecule has 0 aromatic heterocycles. The van der Waals surface area contributed by atoms with E-state index in [1.165, 1.54) is 13.8 Å². The number of hydrogen-bond donors (Lipinski definition) is 0. The minimum absolute atomic E-state index is 0.199. The minimum atomic E-state index is -6.35. The number of nitriles is 1. The quantitative estimate of drug-likeness (QED) is 0.276. The molecule has 1 fully saturated rings. The maximum atomic E-state index is 14.5. The van der Waals surface area contributed by atoms with Crippen LogP contribution in [-0.4, -0.2) is 26.6 Å². The molecule has 0 N–H and O–H groups in total. The summed E-state index contributed by atoms with van der Waals surface area (Å²) in [5.74, 6) is -1.82. The molecule has 1 aliphatic rings. The van der Waals surface area contributed by atoms with E-state index in [9.17, 15) is 48.3 Å². The third kappa shape index (κ3) is 4.67. The van der Waals surface area contributed by atoms with Crippen molar-refractivity contribution in [3.63, 3.8) is 0 Å². The van der Waals surface area contributed by atoms with E-state index in [1.807, 2.05) is 6.07 Å². The summed E-state index contributed by atoms with van der Waals surface area (Å²) in [4.78, 5) is 12.1. The Morgan fingerprint density at radius 1 is 0.921 bits per heavy atom. The Labute approximate surface area is 213 Å². The number of carbonyl (C=O) groups is 1. The summed E-state index contributed by atoms with van der Waals surface area (Å²) in [7, 11) is -4.43. The molecular formula is C25H21F8NO3S. The number of ketones is 1. The lowest BCUT2D eigenvalue weighted by atomic mass is 9.67. The topological polar surface area (TPSA) is 75.0 Å². The van der Waals surface area contributed by atoms with Gasteiger partial charge in [-0.25, -0.2) is 17.2 Å². The van der Waals surface area contributed by atoms with E-state index in [4.69, 9.17) is 5.26 Å². The van der Waals surface area contributed by atoms with Crippen molar-refractivity contribution >= 4 is 15.6 Å². The summed E-state index contributed by atoms with van der Waals surface area (Å²) in [6.45, 7) is 2.75. The molecule has 0 heterocycles. The van der Waals surface area contributed by atoms with Crippen LogP contribution in [0.5, 0.6) is 0 Å². The van der Waals surface area contributed by atoms with Gasteiger partial charge in [-0.3, -0.25) is 4.79 Å². The molecule has 1 saturated carbocycles. The molecule has 0 saturated heterocycles. The third-order valence-electron chi connectivity index (χ3n) is 6.92. The van der Waals surface area contributed by atoms with Gasteiger partial charge in [0.15, 0.2) is 15.6 Å². The first kappa shape index (κ1) is 29.5. The monoisotopic (exact) mass is 567 g/mol. The minimum Gasteiger partial charge on any atom is -0.298 e. The van der Waals surface area contributed by atoms with Gasteiger partial charge in [0.1, 0.15) is 16.0 Å². The zero-order valence-electron chi connectivity index (χ0n) is 19.9. The molecule has 0 bridgehead atoms. The summed E-state index contributed by atoms with van der Waals surface area (Å²) >= 11 is 0. The third-order valence-corrected chi connectivity index (χ3v) is 9.41. The average Bonchev–Trinajstić information content (AvgIpc) is 2.79. The highest BCUT2D eigenvalue weighted by Crippen LogP contribution is 2.57. The summed E-state index contributed by atoms with van der Waals surface area (Å²) in [5.41, 5.74) is -9.06. The molecule has 206 valence electrons. The second-order valence-corrected chi connectivity index (χ2v) is 12.1. The number of nitrogens with zero attached hydrogens (tertiary/aromatic N) is 1. The fraction of sp³-hybridized carbons (Fsp3) is 0.440. The van der Waals surface area contributed by atoms with E-state index in [0.717, 1.165) is 24.3 Å². The Hall–Kier alpha value is -3.01. The normalized spacial score (nSPS) is 20.9. The first-order chi connectivity index (χ1) is 17.2. The summed E-state index contributed by atoms with van der Waals surface area (Å²) in [5, 5.41) is 9.17. The molecular weight excluding hydrogens is 546 g/mol. The van der Waals surface area contributed by atoms with Crippen LogP contribution in [0.25, 0.3) is 0 Å². The van der Waals surface area contributed by atoms with Gasteiger partial charge in [0.25, 0.3) is 0 Å². The number of rotatable bonds is 7. The van der Waals surface area contributed by atoms with E-state index in [0.29, 0.717) is 12.1 Å². The Balaban J connectivity index is 2.08. The molecule has 4 nitrogen and oxygen atoms in total. The first-order valence-electron chi connectivity index (χ1n) is 11.1. The van der Waals surface area contributed by atoms with Crippen molar-refractivity contribution in [2.24, 2.45) is 11.3 Å². The van der Waals surface area contributed by atoms with Gasteiger partial charge in [0, 0.05) is 12.0 Å². The molecule has 1 aliphatic carbocycles. The molecule has 38 heavy (non-hydrogen) atoms. The van der Waals surface area contributed by atoms with Crippen LogP contribution in [-0.2, 0) is 25.0 Å². The molecule has 0 unspecified atom stereocenters. The number of Topliss-reactive ketones (excluding diaryl/α,β-unsaturated/α-hetero) is 1. The second kappa shape index (κ2) is 9.32. The van der Waals surface area contributed by atoms with Crippen molar-refractivity contribution in [2.75, 3.05) is 0 Å². The Bertz CT molecular complexity index is 1340. The molecule has 2 aromatic carbocycles. The first-order valence-corrected chi connectivity index (χ1v) is 12.6. The van der Waals surface area contributed by atoms with Crippen molar-refractivity contribution in [3.05, 3.63) is 65.5 Å². The maximum Gasteiger partial charge on any atom is 0.435 e. The van der Waals surface area contributed by atoms with Crippen molar-refractivity contribution in [3.8, 4) is 6.07 Å². The lowest BCUT2D eigenvalue weighted by Gasteiger charge is -2.47. The molecule has 0 aliphatic heterocycles. The van der Waals surface area contributed by atoms with Gasteiger partial charge >= 0.3 is 18.0 Å². The van der Waals surface area contributed by atoms with Crippen molar-refractivity contribution in [1.82, 2.24) is 0 Å². The van der Waals surface area contributed by atoms with E-state index in [-0.39, 0.29) is 41.9 Å². The van der Waals surface area contributed by atoms with Gasteiger partial charge in [-0.15, -0.1) is 0 Å². The Morgan fingerprint density at radius 2 is 1.39 bits per heavy atom. The van der Waals surface area contributed by atoms with Gasteiger partial charge in [-0.1, -0.05) is 24.3 Å². The summed E-state index contributed by atoms with van der Waals surface area (Å²) in [6.07, 6.45) is -13.4. The standard InChI is InChI=1S/C25H21F8NO3S/c1-21(2,14-34)20(35)11-15-12-22(13-15,38(36,37)19-9-7-18(26)8-10-19)16-3-5-17(6-4-16)23(27,24(28,29)30)25(31,32)33/h3-10,15H,11-13H2,1-2H3. The van der Waals surface area contributed by atoms with Gasteiger partial charge < -0.3 is 0 Å². The van der Waals surface area contributed by atoms with Crippen molar-refractivity contribution in [1.29, 1.82) is 5.26 Å². The fourth-order valence-electron chi connectivity index (χ4n) is 4.54. The fourth-order valence-corrected chi connectivity index (χ4v) is 6.84. The van der Waals surface area contributed by atoms with Crippen LogP contribution in [0.3, 0.4) is 0 Å². The summed E-state index contributed by atoms with van der Waals surface area (Å²) < 4.78 is 132. The number of alkyl halides is 7. The number of halogens is 8. The number of hydrogen-bond acceptors (Lipinski definition) is 4. The van der Waals surface area contributed by atoms with Gasteiger partial charge in [-0.2, -0.15) is 31.6 Å². The average molecular weight is 567 g/mol. The molecule has 0 amide bonds. The summed E-state index contributed by atoms with van der Waals surface area (Å²) in [6, 6.07) is 7.29. The molecule has 0 spiro atoms. The molecule has 0 atom stereocenters. The highest BCUT2D eigenvalue weighted by atomic mass is 32.2. The zero-order chi connectivity index (χ0) is 28.9. The molecule has 2 aromatic rings. The number of sulfone groups is 1. The zero-order valence-corrected chi connectivity index (χ0v) is 20.7. The van der Waals surface area contributed by atoms with Gasteiger partial charge in [0.05, 0.1) is 11.0 Å². The highest BCUT2D eigenvalue weighted by molar-refractivity contribution is 7.92. The van der Waals surface area contributed by atoms with E-state index in [2.05, 4.69) is 0 Å². The highest BCUT2D eigenvalue weighted by Gasteiger charge is 2.73. The largest absolute Gasteiger partial charge is 0.435 e. The van der Waals surface area contributed by atoms with Gasteiger partial charge in [0.2, 0.25) is 0 Å². The Morgan fingerprint density at radius 3 is 1.82 bits per heavy atom. The second-order valence-electron chi connectivity index (χ2n) is 9.82. The van der Waals surface area contributed by atoms with Crippen molar-refractivity contribution in [2.45, 2.75) is 60.8 Å². The predicted octanol–water partition coefficient (Wildman–Crippen LogP) is 6.70. The Kier molecular flexibility index (Phi) is 7.25. The van der Waals surface area contributed by atoms with Crippen LogP contribution >= 0.6 is 0 Å². The van der Waals surface area contributed by atoms with Gasteiger partial charge in [-0.05, 0) is 62.4 Å². The van der Waals surface area contributed by atoms with Crippen molar-refractivity contribution < 1.29 is 48.3 Å². The van der Waals surface area contributed by atoms with Crippen LogP contribution in [0.1, 0.15) is 44.2 Å². The molecule has 3 rings (SSSR count). The smallest absolute Gasteiger partial charge is 0.298 e. The number of benzene rings is 2. The van der Waals surface area contributed by atoms with Crippen LogP contribution in [0.15, 0.2) is 53.4 Å². The van der Waals surface area contributed by atoms with E-state index >= 15 is 0 Å². The molecule has 13 heteroatoms. The van der Waals surface area contributed by atoms with E-state index in [1.54, 1.807) is 0 Å². The van der Waals surface area contributed by atoms with Crippen LogP contribution in [0, 0.1) is 28.5 Å².